The van der Waals surface area contributed by atoms with E-state index in [1.165, 1.54) is 18.5 Å². The molecule has 0 unspecified atom stereocenters. The van der Waals surface area contributed by atoms with Crippen LogP contribution in [0.5, 0.6) is 17.2 Å². The Hall–Kier alpha value is -3.42. The van der Waals surface area contributed by atoms with Gasteiger partial charge in [0, 0.05) is 0 Å². The van der Waals surface area contributed by atoms with Crippen LogP contribution in [0.25, 0.3) is 0 Å². The van der Waals surface area contributed by atoms with Crippen LogP contribution in [0, 0.1) is 11.3 Å². The number of hydrogen-bond acceptors (Lipinski definition) is 7. The van der Waals surface area contributed by atoms with Crippen molar-refractivity contribution in [3.63, 3.8) is 0 Å². The number of aromatic nitrogens is 3. The number of hydrogen-bond donors (Lipinski definition) is 1. The summed E-state index contributed by atoms with van der Waals surface area (Å²) >= 11 is 0. The van der Waals surface area contributed by atoms with E-state index in [-0.39, 0.29) is 5.75 Å². The molecule has 0 fully saturated rings. The maximum Gasteiger partial charge on any atom is 0.380 e. The van der Waals surface area contributed by atoms with Crippen molar-refractivity contribution in [1.29, 1.82) is 5.26 Å². The van der Waals surface area contributed by atoms with Crippen molar-refractivity contribution in [2.75, 3.05) is 0 Å². The van der Waals surface area contributed by atoms with Crippen LogP contribution in [-0.2, 0) is 22.3 Å². The zero-order chi connectivity index (χ0) is 21.1. The number of benzene rings is 2. The molecule has 0 spiro atoms. The molecule has 1 aromatic heterocycles. The average Bonchev–Trinajstić information content (AvgIpc) is 3.15. The maximum atomic E-state index is 11.0. The highest BCUT2D eigenvalue weighted by Gasteiger charge is 2.21. The quantitative estimate of drug-likeness (QED) is 0.629. The lowest BCUT2D eigenvalue weighted by molar-refractivity contribution is 0.472. The first-order valence-corrected chi connectivity index (χ1v) is 10.00. The molecule has 0 aliphatic carbocycles. The van der Waals surface area contributed by atoms with Gasteiger partial charge >= 0.3 is 10.3 Å². The van der Waals surface area contributed by atoms with Gasteiger partial charge in [0.15, 0.2) is 0 Å². The van der Waals surface area contributed by atoms with E-state index in [2.05, 4.69) is 20.3 Å². The topological polar surface area (TPSA) is 133 Å². The van der Waals surface area contributed by atoms with Crippen molar-refractivity contribution in [3.8, 4) is 23.3 Å². The summed E-state index contributed by atoms with van der Waals surface area (Å²) in [4.78, 5) is 3.93. The molecule has 0 aliphatic heterocycles. The van der Waals surface area contributed by atoms with Crippen LogP contribution in [0.3, 0.4) is 0 Å². The third-order valence-corrected chi connectivity index (χ3v) is 4.48. The summed E-state index contributed by atoms with van der Waals surface area (Å²) in [6.07, 6.45) is 3.05. The molecule has 150 valence electrons. The number of nitriles is 1. The number of nitrogens with two attached hydrogens (primary N) is 1. The predicted molar refractivity (Wildman–Crippen MR) is 104 cm³/mol. The minimum atomic E-state index is -4.09. The van der Waals surface area contributed by atoms with Crippen molar-refractivity contribution in [3.05, 3.63) is 66.2 Å². The normalized spacial score (nSPS) is 11.7. The summed E-state index contributed by atoms with van der Waals surface area (Å²) < 4.78 is 34.2. The molecule has 2 N–H and O–H groups in total. The summed E-state index contributed by atoms with van der Waals surface area (Å²) in [7, 11) is -4.09. The Bertz CT molecular complexity index is 1130. The predicted octanol–water partition coefficient (Wildman–Crippen LogP) is 2.50. The number of rotatable bonds is 7. The molecule has 0 saturated heterocycles. The molecule has 1 heterocycles. The first kappa shape index (κ1) is 20.3. The highest BCUT2D eigenvalue weighted by atomic mass is 32.2. The molecule has 0 bridgehead atoms. The Morgan fingerprint density at radius 2 is 1.83 bits per heavy atom. The second-order valence-electron chi connectivity index (χ2n) is 6.85. The van der Waals surface area contributed by atoms with E-state index in [1.807, 2.05) is 26.0 Å². The average molecular weight is 413 g/mol. The minimum absolute atomic E-state index is 0.0751. The highest BCUT2D eigenvalue weighted by Crippen LogP contribution is 2.31. The van der Waals surface area contributed by atoms with E-state index in [4.69, 9.17) is 9.88 Å². The van der Waals surface area contributed by atoms with Crippen molar-refractivity contribution >= 4 is 10.3 Å². The fraction of sp³-hybridized carbons (Fsp3) is 0.211. The van der Waals surface area contributed by atoms with Crippen LogP contribution < -0.4 is 14.1 Å². The monoisotopic (exact) mass is 413 g/mol. The first-order valence-electron chi connectivity index (χ1n) is 8.53. The lowest BCUT2D eigenvalue weighted by atomic mass is 9.85. The fourth-order valence-electron chi connectivity index (χ4n) is 2.57. The van der Waals surface area contributed by atoms with Crippen molar-refractivity contribution in [2.24, 2.45) is 5.14 Å². The standard InChI is InChI=1S/C19H19N5O4S/c1-19(2,11-20)15-7-14(10-24-13-22-12-23-24)8-18(9-15)27-16-3-5-17(6-4-16)28-29(21,25)26/h3-9,12-13H,10H2,1-2H3,(H2,21,25,26). The molecule has 3 rings (SSSR count). The molecule has 0 radical (unpaired) electrons. The smallest absolute Gasteiger partial charge is 0.380 e. The molecule has 10 heteroatoms. The van der Waals surface area contributed by atoms with Gasteiger partial charge in [-0.1, -0.05) is 6.07 Å². The van der Waals surface area contributed by atoms with E-state index >= 15 is 0 Å². The van der Waals surface area contributed by atoms with Crippen LogP contribution in [-0.4, -0.2) is 23.2 Å². The summed E-state index contributed by atoms with van der Waals surface area (Å²) in [6, 6.07) is 13.8. The molecule has 9 nitrogen and oxygen atoms in total. The van der Waals surface area contributed by atoms with Gasteiger partial charge in [-0.25, -0.2) is 9.67 Å². The molecule has 0 saturated carbocycles. The van der Waals surface area contributed by atoms with E-state index in [0.717, 1.165) is 11.1 Å². The van der Waals surface area contributed by atoms with Gasteiger partial charge in [-0.3, -0.25) is 0 Å². The molecular formula is C19H19N5O4S. The Morgan fingerprint density at radius 3 is 2.41 bits per heavy atom. The van der Waals surface area contributed by atoms with Gasteiger partial charge in [0.2, 0.25) is 0 Å². The zero-order valence-electron chi connectivity index (χ0n) is 15.8. The molecular weight excluding hydrogens is 394 g/mol. The first-order chi connectivity index (χ1) is 13.6. The van der Waals surface area contributed by atoms with E-state index < -0.39 is 15.7 Å². The number of ether oxygens (including phenoxy) is 1. The van der Waals surface area contributed by atoms with Crippen molar-refractivity contribution in [1.82, 2.24) is 14.8 Å². The van der Waals surface area contributed by atoms with Gasteiger partial charge in [-0.05, 0) is 61.4 Å². The SMILES string of the molecule is CC(C)(C#N)c1cc(Cn2cncn2)cc(Oc2ccc(OS(N)(=O)=O)cc2)c1. The lowest BCUT2D eigenvalue weighted by Gasteiger charge is -2.19. The summed E-state index contributed by atoms with van der Waals surface area (Å²) in [5.41, 5.74) is 0.964. The lowest BCUT2D eigenvalue weighted by Crippen LogP contribution is -2.18. The molecule has 3 aromatic rings. The van der Waals surface area contributed by atoms with Gasteiger partial charge in [0.05, 0.1) is 18.0 Å². The van der Waals surface area contributed by atoms with Crippen LogP contribution >= 0.6 is 0 Å². The van der Waals surface area contributed by atoms with Crippen LogP contribution in [0.2, 0.25) is 0 Å². The van der Waals surface area contributed by atoms with Crippen LogP contribution in [0.1, 0.15) is 25.0 Å². The molecule has 0 aliphatic rings. The number of nitrogens with zero attached hydrogens (tertiary/aromatic N) is 4. The van der Waals surface area contributed by atoms with E-state index in [1.54, 1.807) is 29.2 Å². The summed E-state index contributed by atoms with van der Waals surface area (Å²) in [5.74, 6) is 1.07. The van der Waals surface area contributed by atoms with Crippen molar-refractivity contribution in [2.45, 2.75) is 25.8 Å². The van der Waals surface area contributed by atoms with Gasteiger partial charge in [0.25, 0.3) is 0 Å². The van der Waals surface area contributed by atoms with Gasteiger partial charge in [-0.15, -0.1) is 0 Å². The van der Waals surface area contributed by atoms with Crippen LogP contribution in [0.4, 0.5) is 0 Å². The third kappa shape index (κ3) is 5.54. The molecule has 0 atom stereocenters. The summed E-state index contributed by atoms with van der Waals surface area (Å²) in [6.45, 7) is 4.11. The second-order valence-corrected chi connectivity index (χ2v) is 8.00. The minimum Gasteiger partial charge on any atom is -0.457 e. The Labute approximate surface area is 168 Å². The van der Waals surface area contributed by atoms with E-state index in [0.29, 0.717) is 18.0 Å². The van der Waals surface area contributed by atoms with Gasteiger partial charge < -0.3 is 8.92 Å². The molecule has 0 amide bonds. The summed E-state index contributed by atoms with van der Waals surface area (Å²) in [5, 5.41) is 18.5. The van der Waals surface area contributed by atoms with Crippen molar-refractivity contribution < 1.29 is 17.3 Å². The molecule has 29 heavy (non-hydrogen) atoms. The van der Waals surface area contributed by atoms with Gasteiger partial charge in [-0.2, -0.15) is 23.9 Å². The Morgan fingerprint density at radius 1 is 1.14 bits per heavy atom. The zero-order valence-corrected chi connectivity index (χ0v) is 16.6. The van der Waals surface area contributed by atoms with Crippen LogP contribution in [0.15, 0.2) is 55.1 Å². The van der Waals surface area contributed by atoms with E-state index in [9.17, 15) is 13.7 Å². The highest BCUT2D eigenvalue weighted by molar-refractivity contribution is 7.84. The maximum absolute atomic E-state index is 11.0. The fourth-order valence-corrected chi connectivity index (χ4v) is 2.95. The third-order valence-electron chi connectivity index (χ3n) is 4.05. The Kier molecular flexibility index (Phi) is 5.54. The second kappa shape index (κ2) is 7.90. The Balaban J connectivity index is 1.89. The largest absolute Gasteiger partial charge is 0.457 e. The van der Waals surface area contributed by atoms with Gasteiger partial charge in [0.1, 0.15) is 29.9 Å². The molecule has 2 aromatic carbocycles.